The SMILES string of the molecule is C=NC(=NC(=NCC1=CCCC=C1)c1ccccc1)c1cccc2c1-c1cc(-c3ccc(-c4ccncc4)cc3)cc(-c3ccc(C(/C=C\N)=C/C)cc3)c1C2. The molecular weight excluding hydrogens is 683 g/mol. The molecule has 0 aliphatic heterocycles. The van der Waals surface area contributed by atoms with Gasteiger partial charge in [-0.1, -0.05) is 121 Å². The van der Waals surface area contributed by atoms with Crippen molar-refractivity contribution in [2.75, 3.05) is 6.54 Å². The number of pyridine rings is 1. The zero-order valence-electron chi connectivity index (χ0n) is 31.6. The van der Waals surface area contributed by atoms with Gasteiger partial charge in [-0.3, -0.25) is 9.98 Å². The monoisotopic (exact) mass is 725 g/mol. The molecule has 56 heavy (non-hydrogen) atoms. The summed E-state index contributed by atoms with van der Waals surface area (Å²) < 4.78 is 0. The van der Waals surface area contributed by atoms with Gasteiger partial charge in [-0.15, -0.1) is 0 Å². The Labute approximate surface area is 329 Å². The molecule has 5 nitrogen and oxygen atoms in total. The van der Waals surface area contributed by atoms with Crippen molar-refractivity contribution in [1.29, 1.82) is 0 Å². The molecule has 0 unspecified atom stereocenters. The number of aromatic nitrogens is 1. The Kier molecular flexibility index (Phi) is 10.7. The lowest BCUT2D eigenvalue weighted by atomic mass is 9.89. The fourth-order valence-electron chi connectivity index (χ4n) is 7.67. The second kappa shape index (κ2) is 16.6. The molecule has 0 spiro atoms. The highest BCUT2D eigenvalue weighted by Crippen LogP contribution is 2.46. The summed E-state index contributed by atoms with van der Waals surface area (Å²) in [6.45, 7) is 6.62. The molecule has 0 radical (unpaired) electrons. The largest absolute Gasteiger partial charge is 0.405 e. The van der Waals surface area contributed by atoms with E-state index in [-0.39, 0.29) is 0 Å². The van der Waals surface area contributed by atoms with Crippen molar-refractivity contribution in [2.45, 2.75) is 26.2 Å². The van der Waals surface area contributed by atoms with Crippen LogP contribution in [0.2, 0.25) is 0 Å². The van der Waals surface area contributed by atoms with Crippen molar-refractivity contribution >= 4 is 24.0 Å². The molecule has 272 valence electrons. The Morgan fingerprint density at radius 1 is 0.732 bits per heavy atom. The zero-order chi connectivity index (χ0) is 38.3. The van der Waals surface area contributed by atoms with Crippen LogP contribution in [0.5, 0.6) is 0 Å². The van der Waals surface area contributed by atoms with E-state index in [9.17, 15) is 0 Å². The molecule has 2 N–H and O–H groups in total. The highest BCUT2D eigenvalue weighted by molar-refractivity contribution is 6.16. The van der Waals surface area contributed by atoms with Crippen LogP contribution < -0.4 is 5.73 Å². The minimum atomic E-state index is 0.549. The Bertz CT molecular complexity index is 2570. The Morgan fingerprint density at radius 3 is 2.14 bits per heavy atom. The molecule has 2 aliphatic rings. The van der Waals surface area contributed by atoms with Gasteiger partial charge in [-0.25, -0.2) is 9.98 Å². The van der Waals surface area contributed by atoms with Crippen molar-refractivity contribution in [3.8, 4) is 44.5 Å². The highest BCUT2D eigenvalue weighted by atomic mass is 15.0. The maximum atomic E-state index is 5.77. The van der Waals surface area contributed by atoms with E-state index in [0.29, 0.717) is 18.2 Å². The summed E-state index contributed by atoms with van der Waals surface area (Å²) in [5.74, 6) is 1.19. The smallest absolute Gasteiger partial charge is 0.161 e. The molecule has 0 atom stereocenters. The van der Waals surface area contributed by atoms with Gasteiger partial charge in [0.1, 0.15) is 0 Å². The van der Waals surface area contributed by atoms with Crippen LogP contribution in [0.25, 0.3) is 50.1 Å². The van der Waals surface area contributed by atoms with Gasteiger partial charge < -0.3 is 5.73 Å². The molecule has 0 fully saturated rings. The quantitative estimate of drug-likeness (QED) is 0.0914. The van der Waals surface area contributed by atoms with Gasteiger partial charge in [0.05, 0.1) is 6.54 Å². The summed E-state index contributed by atoms with van der Waals surface area (Å²) in [6.07, 6.45) is 18.8. The Balaban J connectivity index is 1.27. The average Bonchev–Trinajstić information content (AvgIpc) is 3.66. The standard InChI is InChI=1S/C51H43N5/c1-3-36(25-28-52)37-21-23-41(24-22-37)46-32-44(39-19-17-38(18-20-39)40-26-29-54-30-27-40)33-48-47(46)31-43-15-10-16-45(49(43)48)51(53-2)56-50(42-13-8-5-9-14-42)55-34-35-11-6-4-7-12-35/h3,5-6,8-30,32-33H,2,4,7,31,34,52H2,1H3/b28-25-,36-3+,55-50?,56-51?. The normalized spacial score (nSPS) is 14.1. The van der Waals surface area contributed by atoms with Gasteiger partial charge in [-0.2, -0.15) is 0 Å². The first kappa shape index (κ1) is 36.0. The summed E-state index contributed by atoms with van der Waals surface area (Å²) in [4.78, 5) is 19.0. The van der Waals surface area contributed by atoms with Gasteiger partial charge in [0.2, 0.25) is 0 Å². The van der Waals surface area contributed by atoms with Crippen LogP contribution >= 0.6 is 0 Å². The first-order chi connectivity index (χ1) is 27.6. The lowest BCUT2D eigenvalue weighted by Gasteiger charge is -2.16. The third-order valence-electron chi connectivity index (χ3n) is 10.5. The summed E-state index contributed by atoms with van der Waals surface area (Å²) in [6, 6.07) is 42.9. The Morgan fingerprint density at radius 2 is 1.45 bits per heavy atom. The number of amidine groups is 2. The fraction of sp³-hybridized carbons (Fsp3) is 0.0980. The first-order valence-corrected chi connectivity index (χ1v) is 19.1. The second-order valence-corrected chi connectivity index (χ2v) is 13.9. The van der Waals surface area contributed by atoms with Gasteiger partial charge in [0.25, 0.3) is 0 Å². The predicted octanol–water partition coefficient (Wildman–Crippen LogP) is 11.7. The highest BCUT2D eigenvalue weighted by Gasteiger charge is 2.27. The van der Waals surface area contributed by atoms with E-state index in [0.717, 1.165) is 74.9 Å². The van der Waals surface area contributed by atoms with Crippen molar-refractivity contribution in [2.24, 2.45) is 20.7 Å². The Hall–Kier alpha value is -6.98. The molecule has 6 aromatic rings. The number of allylic oxidation sites excluding steroid dienone is 5. The number of hydrogen-bond donors (Lipinski definition) is 1. The van der Waals surface area contributed by atoms with E-state index in [2.05, 4.69) is 120 Å². The molecule has 2 aliphatic carbocycles. The minimum absolute atomic E-state index is 0.549. The van der Waals surface area contributed by atoms with Gasteiger partial charge in [-0.05, 0) is 142 Å². The third-order valence-corrected chi connectivity index (χ3v) is 10.5. The molecule has 0 bridgehead atoms. The van der Waals surface area contributed by atoms with Crippen molar-refractivity contribution in [3.63, 3.8) is 0 Å². The minimum Gasteiger partial charge on any atom is -0.405 e. The molecule has 1 heterocycles. The number of fused-ring (bicyclic) bond motifs is 3. The first-order valence-electron chi connectivity index (χ1n) is 19.1. The number of aliphatic imine (C=N–C) groups is 3. The maximum absolute atomic E-state index is 5.77. The maximum Gasteiger partial charge on any atom is 0.161 e. The van der Waals surface area contributed by atoms with Crippen molar-refractivity contribution in [3.05, 3.63) is 204 Å². The number of nitrogens with two attached hydrogens (primary N) is 1. The van der Waals surface area contributed by atoms with Crippen molar-refractivity contribution < 1.29 is 0 Å². The fourth-order valence-corrected chi connectivity index (χ4v) is 7.67. The molecular formula is C51H43N5. The summed E-state index contributed by atoms with van der Waals surface area (Å²) in [7, 11) is 0. The number of benzene rings is 5. The van der Waals surface area contributed by atoms with Crippen LogP contribution in [0.1, 0.15) is 47.6 Å². The van der Waals surface area contributed by atoms with Crippen LogP contribution in [0.15, 0.2) is 191 Å². The molecule has 0 saturated heterocycles. The van der Waals surface area contributed by atoms with E-state index in [4.69, 9.17) is 15.7 Å². The van der Waals surface area contributed by atoms with Crippen LogP contribution in [0.3, 0.4) is 0 Å². The van der Waals surface area contributed by atoms with Crippen LogP contribution in [0, 0.1) is 0 Å². The second-order valence-electron chi connectivity index (χ2n) is 13.9. The van der Waals surface area contributed by atoms with Gasteiger partial charge >= 0.3 is 0 Å². The van der Waals surface area contributed by atoms with E-state index in [1.54, 1.807) is 6.20 Å². The molecule has 8 rings (SSSR count). The average molecular weight is 726 g/mol. The van der Waals surface area contributed by atoms with E-state index >= 15 is 0 Å². The van der Waals surface area contributed by atoms with Crippen LogP contribution in [-0.2, 0) is 6.42 Å². The van der Waals surface area contributed by atoms with Crippen LogP contribution in [0.4, 0.5) is 0 Å². The van der Waals surface area contributed by atoms with E-state index in [1.807, 2.05) is 67.9 Å². The molecule has 0 amide bonds. The summed E-state index contributed by atoms with van der Waals surface area (Å²) in [5, 5.41) is 0. The summed E-state index contributed by atoms with van der Waals surface area (Å²) in [5.41, 5.74) is 22.8. The van der Waals surface area contributed by atoms with Gasteiger partial charge in [0.15, 0.2) is 11.7 Å². The lowest BCUT2D eigenvalue weighted by molar-refractivity contribution is 0.994. The zero-order valence-corrected chi connectivity index (χ0v) is 31.6. The van der Waals surface area contributed by atoms with E-state index in [1.165, 1.54) is 27.8 Å². The van der Waals surface area contributed by atoms with E-state index < -0.39 is 0 Å². The number of nitrogens with zero attached hydrogens (tertiary/aromatic N) is 4. The van der Waals surface area contributed by atoms with Crippen molar-refractivity contribution in [1.82, 2.24) is 4.98 Å². The predicted molar refractivity (Wildman–Crippen MR) is 236 cm³/mol. The molecule has 0 saturated carbocycles. The molecule has 5 heteroatoms. The third kappa shape index (κ3) is 7.53. The molecule has 5 aromatic carbocycles. The van der Waals surface area contributed by atoms with Gasteiger partial charge in [0, 0.05) is 23.5 Å². The summed E-state index contributed by atoms with van der Waals surface area (Å²) >= 11 is 0. The number of hydrogen-bond acceptors (Lipinski definition) is 3. The number of rotatable bonds is 9. The topological polar surface area (TPSA) is 76.0 Å². The molecule has 1 aromatic heterocycles. The lowest BCUT2D eigenvalue weighted by Crippen LogP contribution is -2.07. The van der Waals surface area contributed by atoms with Crippen LogP contribution in [-0.4, -0.2) is 29.9 Å².